The zero-order valence-corrected chi connectivity index (χ0v) is 23.3. The Labute approximate surface area is 238 Å². The van der Waals surface area contributed by atoms with Gasteiger partial charge in [-0.3, -0.25) is 14.5 Å². The number of anilines is 1. The van der Waals surface area contributed by atoms with E-state index in [0.717, 1.165) is 37.6 Å². The van der Waals surface area contributed by atoms with Crippen LogP contribution < -0.4 is 19.7 Å². The molecule has 5 rings (SSSR count). The zero-order valence-electron chi connectivity index (χ0n) is 22.5. The standard InChI is InChI=1S/C30H32ClN5O4/c1-39-26-17-16-23(18-27(26)40-2)36(28(37)19-35-25-11-7-6-10-24(25)33-34-35)29(20-12-14-21(31)15-13-20)30(38)32-22-8-4-3-5-9-22/h6-7,10-18,22,29H,3-5,8-9,19H2,1-2H3,(H,32,38). The summed E-state index contributed by atoms with van der Waals surface area (Å²) in [7, 11) is 3.08. The lowest BCUT2D eigenvalue weighted by molar-refractivity contribution is -0.127. The van der Waals surface area contributed by atoms with Crippen LogP contribution in [-0.4, -0.2) is 47.1 Å². The van der Waals surface area contributed by atoms with Crippen LogP contribution in [0.4, 0.5) is 5.69 Å². The molecule has 0 saturated heterocycles. The molecule has 1 heterocycles. The molecule has 4 aromatic rings. The van der Waals surface area contributed by atoms with Crippen molar-refractivity contribution >= 4 is 40.1 Å². The minimum Gasteiger partial charge on any atom is -0.493 e. The first-order chi connectivity index (χ1) is 19.5. The Morgan fingerprint density at radius 1 is 1.00 bits per heavy atom. The van der Waals surface area contributed by atoms with E-state index in [9.17, 15) is 9.59 Å². The number of ether oxygens (including phenoxy) is 2. The number of carbonyl (C=O) groups is 2. The fourth-order valence-corrected chi connectivity index (χ4v) is 5.37. The highest BCUT2D eigenvalue weighted by Gasteiger charge is 2.35. The van der Waals surface area contributed by atoms with Crippen LogP contribution in [0.2, 0.25) is 5.02 Å². The topological polar surface area (TPSA) is 98.6 Å². The van der Waals surface area contributed by atoms with Gasteiger partial charge in [0.15, 0.2) is 11.5 Å². The van der Waals surface area contributed by atoms with E-state index in [2.05, 4.69) is 15.6 Å². The van der Waals surface area contributed by atoms with Crippen molar-refractivity contribution in [1.29, 1.82) is 0 Å². The molecule has 0 aliphatic heterocycles. The van der Waals surface area contributed by atoms with Crippen molar-refractivity contribution in [3.63, 3.8) is 0 Å². The van der Waals surface area contributed by atoms with Gasteiger partial charge in [-0.15, -0.1) is 5.10 Å². The van der Waals surface area contributed by atoms with Crippen molar-refractivity contribution in [2.24, 2.45) is 0 Å². The molecule has 10 heteroatoms. The largest absolute Gasteiger partial charge is 0.493 e. The number of fused-ring (bicyclic) bond motifs is 1. The van der Waals surface area contributed by atoms with Crippen LogP contribution in [0.3, 0.4) is 0 Å². The molecule has 1 N–H and O–H groups in total. The van der Waals surface area contributed by atoms with Crippen LogP contribution in [0.5, 0.6) is 11.5 Å². The van der Waals surface area contributed by atoms with Crippen LogP contribution in [0.25, 0.3) is 11.0 Å². The minimum atomic E-state index is -0.973. The number of halogens is 1. The number of methoxy groups -OCH3 is 2. The Balaban J connectivity index is 1.60. The Morgan fingerprint density at radius 3 is 2.45 bits per heavy atom. The first kappa shape index (κ1) is 27.5. The number of hydrogen-bond donors (Lipinski definition) is 1. The van der Waals surface area contributed by atoms with E-state index in [1.54, 1.807) is 54.3 Å². The molecule has 0 bridgehead atoms. The summed E-state index contributed by atoms with van der Waals surface area (Å²) >= 11 is 6.20. The lowest BCUT2D eigenvalue weighted by atomic mass is 9.94. The number of aromatic nitrogens is 3. The number of rotatable bonds is 9. The van der Waals surface area contributed by atoms with Gasteiger partial charge in [0.05, 0.1) is 19.7 Å². The number of nitrogens with one attached hydrogen (secondary N) is 1. The highest BCUT2D eigenvalue weighted by atomic mass is 35.5. The van der Waals surface area contributed by atoms with Gasteiger partial charge >= 0.3 is 0 Å². The Kier molecular flexibility index (Phi) is 8.50. The number of carbonyl (C=O) groups excluding carboxylic acids is 2. The third-order valence-electron chi connectivity index (χ3n) is 7.26. The van der Waals surface area contributed by atoms with Gasteiger partial charge in [-0.05, 0) is 54.8 Å². The molecule has 40 heavy (non-hydrogen) atoms. The Hall–Kier alpha value is -4.11. The van der Waals surface area contributed by atoms with Crippen molar-refractivity contribution in [2.45, 2.75) is 50.7 Å². The summed E-state index contributed by atoms with van der Waals surface area (Å²) in [5, 5.41) is 12.2. The Bertz CT molecular complexity index is 1480. The number of benzene rings is 3. The molecule has 0 radical (unpaired) electrons. The summed E-state index contributed by atoms with van der Waals surface area (Å²) < 4.78 is 12.5. The third-order valence-corrected chi connectivity index (χ3v) is 7.52. The summed E-state index contributed by atoms with van der Waals surface area (Å²) in [4.78, 5) is 29.8. The van der Waals surface area contributed by atoms with Gasteiger partial charge in [0.1, 0.15) is 18.1 Å². The third kappa shape index (κ3) is 5.89. The molecule has 0 spiro atoms. The second-order valence-electron chi connectivity index (χ2n) is 9.84. The second kappa shape index (κ2) is 12.4. The van der Waals surface area contributed by atoms with E-state index in [-0.39, 0.29) is 24.4 Å². The van der Waals surface area contributed by atoms with E-state index in [1.165, 1.54) is 12.0 Å². The van der Waals surface area contributed by atoms with Gasteiger partial charge in [-0.1, -0.05) is 60.3 Å². The summed E-state index contributed by atoms with van der Waals surface area (Å²) in [5.74, 6) is 0.338. The van der Waals surface area contributed by atoms with Gasteiger partial charge in [0, 0.05) is 22.8 Å². The van der Waals surface area contributed by atoms with Crippen LogP contribution in [0, 0.1) is 0 Å². The molecule has 9 nitrogen and oxygen atoms in total. The second-order valence-corrected chi connectivity index (χ2v) is 10.3. The van der Waals surface area contributed by atoms with Crippen LogP contribution in [0.1, 0.15) is 43.7 Å². The summed E-state index contributed by atoms with van der Waals surface area (Å²) in [6.07, 6.45) is 5.11. The molecule has 1 fully saturated rings. The van der Waals surface area contributed by atoms with Gasteiger partial charge < -0.3 is 14.8 Å². The fourth-order valence-electron chi connectivity index (χ4n) is 5.24. The highest BCUT2D eigenvalue weighted by molar-refractivity contribution is 6.30. The first-order valence-electron chi connectivity index (χ1n) is 13.4. The summed E-state index contributed by atoms with van der Waals surface area (Å²) in [6.45, 7) is -0.129. The molecule has 1 saturated carbocycles. The molecule has 1 aromatic heterocycles. The number of amides is 2. The SMILES string of the molecule is COc1ccc(N(C(=O)Cn2nnc3ccccc32)C(C(=O)NC2CCCCC2)c2ccc(Cl)cc2)cc1OC. The molecule has 208 valence electrons. The maximum atomic E-state index is 14.2. The van der Waals surface area contributed by atoms with Crippen molar-refractivity contribution in [3.05, 3.63) is 77.3 Å². The smallest absolute Gasteiger partial charge is 0.249 e. The normalized spacial score (nSPS) is 14.5. The summed E-state index contributed by atoms with van der Waals surface area (Å²) in [6, 6.07) is 18.7. The van der Waals surface area contributed by atoms with E-state index in [0.29, 0.717) is 33.3 Å². The predicted octanol–water partition coefficient (Wildman–Crippen LogP) is 5.33. The van der Waals surface area contributed by atoms with E-state index >= 15 is 0 Å². The summed E-state index contributed by atoms with van der Waals surface area (Å²) in [5.41, 5.74) is 2.50. The molecule has 3 aromatic carbocycles. The lowest BCUT2D eigenvalue weighted by Gasteiger charge is -2.33. The van der Waals surface area contributed by atoms with Gasteiger partial charge in [-0.2, -0.15) is 0 Å². The average molecular weight is 562 g/mol. The first-order valence-corrected chi connectivity index (χ1v) is 13.7. The van der Waals surface area contributed by atoms with E-state index in [1.807, 2.05) is 24.3 Å². The van der Waals surface area contributed by atoms with E-state index < -0.39 is 6.04 Å². The van der Waals surface area contributed by atoms with Crippen molar-refractivity contribution in [2.75, 3.05) is 19.1 Å². The van der Waals surface area contributed by atoms with Crippen molar-refractivity contribution in [3.8, 4) is 11.5 Å². The Morgan fingerprint density at radius 2 is 1.73 bits per heavy atom. The molecular weight excluding hydrogens is 530 g/mol. The maximum Gasteiger partial charge on any atom is 0.249 e. The van der Waals surface area contributed by atoms with Gasteiger partial charge in [0.2, 0.25) is 11.8 Å². The minimum absolute atomic E-state index is 0.0534. The van der Waals surface area contributed by atoms with Gasteiger partial charge in [-0.25, -0.2) is 4.68 Å². The number of hydrogen-bond acceptors (Lipinski definition) is 6. The van der Waals surface area contributed by atoms with Crippen molar-refractivity contribution in [1.82, 2.24) is 20.3 Å². The highest BCUT2D eigenvalue weighted by Crippen LogP contribution is 2.36. The number of para-hydroxylation sites is 1. The van der Waals surface area contributed by atoms with Crippen LogP contribution in [-0.2, 0) is 16.1 Å². The molecule has 1 unspecified atom stereocenters. The number of nitrogens with zero attached hydrogens (tertiary/aromatic N) is 4. The maximum absolute atomic E-state index is 14.2. The molecule has 1 aliphatic carbocycles. The van der Waals surface area contributed by atoms with E-state index in [4.69, 9.17) is 21.1 Å². The molecule has 1 aliphatic rings. The van der Waals surface area contributed by atoms with Crippen LogP contribution >= 0.6 is 11.6 Å². The molecular formula is C30H32ClN5O4. The lowest BCUT2D eigenvalue weighted by Crippen LogP contribution is -2.48. The average Bonchev–Trinajstić information content (AvgIpc) is 3.39. The monoisotopic (exact) mass is 561 g/mol. The predicted molar refractivity (Wildman–Crippen MR) is 154 cm³/mol. The quantitative estimate of drug-likeness (QED) is 0.297. The zero-order chi connectivity index (χ0) is 28.1. The molecule has 2 amide bonds. The molecule has 1 atom stereocenters. The fraction of sp³-hybridized carbons (Fsp3) is 0.333. The van der Waals surface area contributed by atoms with Gasteiger partial charge in [0.25, 0.3) is 0 Å². The van der Waals surface area contributed by atoms with Crippen molar-refractivity contribution < 1.29 is 19.1 Å². The van der Waals surface area contributed by atoms with Crippen LogP contribution in [0.15, 0.2) is 66.7 Å².